The molecule has 1 aromatic carbocycles. The Morgan fingerprint density at radius 3 is 2.36 bits per heavy atom. The van der Waals surface area contributed by atoms with Crippen LogP contribution in [-0.4, -0.2) is 34.3 Å². The lowest BCUT2D eigenvalue weighted by molar-refractivity contribution is -0.145. The third kappa shape index (κ3) is 7.98. The predicted octanol–water partition coefficient (Wildman–Crippen LogP) is 3.12. The third-order valence-electron chi connectivity index (χ3n) is 2.35. The van der Waals surface area contributed by atoms with Gasteiger partial charge in [-0.1, -0.05) is 65.1 Å². The van der Waals surface area contributed by atoms with Gasteiger partial charge in [-0.25, -0.2) is 9.59 Å². The molecule has 1 N–H and O–H groups in total. The summed E-state index contributed by atoms with van der Waals surface area (Å²) >= 11 is 20.4. The minimum absolute atomic E-state index is 0.0130. The molecule has 0 saturated heterocycles. The first-order valence-corrected chi connectivity index (χ1v) is 7.90. The first-order valence-electron chi connectivity index (χ1n) is 6.13. The van der Waals surface area contributed by atoms with Gasteiger partial charge in [-0.15, -0.1) is 0 Å². The van der Waals surface area contributed by atoms with E-state index in [1.807, 2.05) is 18.2 Å². The van der Waals surface area contributed by atoms with Gasteiger partial charge in [0.1, 0.15) is 19.3 Å². The average molecular weight is 387 g/mol. The van der Waals surface area contributed by atoms with Crippen molar-refractivity contribution >= 4 is 59.5 Å². The van der Waals surface area contributed by atoms with Crippen LogP contribution in [0.5, 0.6) is 0 Å². The second-order valence-electron chi connectivity index (χ2n) is 4.16. The van der Waals surface area contributed by atoms with E-state index >= 15 is 0 Å². The molecule has 0 radical (unpaired) electrons. The Morgan fingerprint density at radius 1 is 1.18 bits per heavy atom. The number of amides is 1. The summed E-state index contributed by atoms with van der Waals surface area (Å²) in [6.07, 6.45) is -0.770. The molecule has 1 atom stereocenters. The van der Waals surface area contributed by atoms with Crippen LogP contribution < -0.4 is 5.32 Å². The summed E-state index contributed by atoms with van der Waals surface area (Å²) < 4.78 is 8.04. The molecule has 0 aliphatic rings. The average Bonchev–Trinajstić information content (AvgIpc) is 2.48. The first kappa shape index (κ1) is 19.2. The van der Waals surface area contributed by atoms with E-state index in [-0.39, 0.29) is 12.4 Å². The second kappa shape index (κ2) is 9.35. The van der Waals surface area contributed by atoms with Gasteiger partial charge in [0.2, 0.25) is 3.79 Å². The lowest BCUT2D eigenvalue weighted by Crippen LogP contribution is -2.44. The summed E-state index contributed by atoms with van der Waals surface area (Å²) in [5.41, 5.74) is 0.818. The molecule has 0 spiro atoms. The normalized spacial score (nSPS) is 12.4. The van der Waals surface area contributed by atoms with E-state index in [1.54, 1.807) is 12.1 Å². The van der Waals surface area contributed by atoms with Crippen LogP contribution in [0.2, 0.25) is 0 Å². The van der Waals surface area contributed by atoms with Crippen molar-refractivity contribution in [2.45, 2.75) is 16.4 Å². The van der Waals surface area contributed by atoms with Gasteiger partial charge in [-0.3, -0.25) is 0 Å². The number of nitrogens with one attached hydrogen (secondary N) is 1. The highest BCUT2D eigenvalue weighted by molar-refractivity contribution is 7.80. The molecule has 0 aromatic heterocycles. The number of hydrogen-bond acceptors (Lipinski definition) is 5. The number of esters is 1. The zero-order valence-electron chi connectivity index (χ0n) is 11.3. The fourth-order valence-corrected chi connectivity index (χ4v) is 1.74. The number of benzene rings is 1. The molecule has 0 unspecified atom stereocenters. The minimum atomic E-state index is -1.72. The van der Waals surface area contributed by atoms with Gasteiger partial charge in [0, 0.05) is 5.75 Å². The summed E-state index contributed by atoms with van der Waals surface area (Å²) in [7, 11) is 0. The number of thiol groups is 1. The van der Waals surface area contributed by atoms with Crippen LogP contribution in [0.25, 0.3) is 0 Å². The van der Waals surface area contributed by atoms with Crippen LogP contribution in [0.1, 0.15) is 5.56 Å². The zero-order valence-corrected chi connectivity index (χ0v) is 14.5. The van der Waals surface area contributed by atoms with Crippen molar-refractivity contribution in [1.82, 2.24) is 5.32 Å². The fourth-order valence-electron chi connectivity index (χ4n) is 1.34. The largest absolute Gasteiger partial charge is 0.460 e. The molecule has 0 aliphatic heterocycles. The Hall–Kier alpha value is -0.820. The molecule has 0 aliphatic carbocycles. The molecule has 0 heterocycles. The summed E-state index contributed by atoms with van der Waals surface area (Å²) in [6.45, 7) is -0.351. The lowest BCUT2D eigenvalue weighted by atomic mass is 10.2. The van der Waals surface area contributed by atoms with E-state index in [0.717, 1.165) is 5.56 Å². The number of ether oxygens (including phenoxy) is 2. The summed E-state index contributed by atoms with van der Waals surface area (Å²) in [6, 6.07) is 8.10. The maximum atomic E-state index is 11.7. The van der Waals surface area contributed by atoms with Crippen LogP contribution in [-0.2, 0) is 20.9 Å². The highest BCUT2D eigenvalue weighted by Gasteiger charge is 2.26. The van der Waals surface area contributed by atoms with Crippen molar-refractivity contribution < 1.29 is 19.1 Å². The number of alkyl halides is 3. The van der Waals surface area contributed by atoms with E-state index in [0.29, 0.717) is 0 Å². The molecule has 1 amide bonds. The summed E-state index contributed by atoms with van der Waals surface area (Å²) in [4.78, 5) is 23.4. The molecular formula is C13H14Cl3NO4S. The van der Waals surface area contributed by atoms with Crippen molar-refractivity contribution in [3.8, 4) is 0 Å². The Kier molecular flexibility index (Phi) is 8.17. The van der Waals surface area contributed by atoms with Gasteiger partial charge >= 0.3 is 12.1 Å². The molecule has 1 aromatic rings. The monoisotopic (exact) mass is 385 g/mol. The number of halogens is 3. The quantitative estimate of drug-likeness (QED) is 0.448. The highest BCUT2D eigenvalue weighted by Crippen LogP contribution is 2.26. The molecule has 0 bridgehead atoms. The van der Waals surface area contributed by atoms with Crippen molar-refractivity contribution in [3.05, 3.63) is 35.9 Å². The smallest absolute Gasteiger partial charge is 0.408 e. The van der Waals surface area contributed by atoms with Crippen LogP contribution in [0, 0.1) is 0 Å². The second-order valence-corrected chi connectivity index (χ2v) is 7.05. The van der Waals surface area contributed by atoms with E-state index in [4.69, 9.17) is 44.3 Å². The Morgan fingerprint density at radius 2 is 1.82 bits per heavy atom. The van der Waals surface area contributed by atoms with Gasteiger partial charge in [0.05, 0.1) is 0 Å². The number of hydrogen-bond donors (Lipinski definition) is 2. The Labute approximate surface area is 148 Å². The Bertz CT molecular complexity index is 496. The Balaban J connectivity index is 2.41. The van der Waals surface area contributed by atoms with Gasteiger partial charge < -0.3 is 14.8 Å². The van der Waals surface area contributed by atoms with Gasteiger partial charge in [-0.05, 0) is 5.56 Å². The molecule has 9 heteroatoms. The van der Waals surface area contributed by atoms with Gasteiger partial charge in [0.25, 0.3) is 0 Å². The van der Waals surface area contributed by atoms with Crippen LogP contribution in [0.15, 0.2) is 30.3 Å². The van der Waals surface area contributed by atoms with Crippen LogP contribution in [0.3, 0.4) is 0 Å². The third-order valence-corrected chi connectivity index (χ3v) is 3.04. The number of rotatable bonds is 6. The first-order chi connectivity index (χ1) is 10.3. The predicted molar refractivity (Wildman–Crippen MR) is 88.7 cm³/mol. The number of alkyl carbamates (subject to hydrolysis) is 1. The van der Waals surface area contributed by atoms with Crippen LogP contribution >= 0.6 is 47.4 Å². The molecule has 1 rings (SSSR count). The molecule has 0 saturated carbocycles. The molecule has 0 fully saturated rings. The van der Waals surface area contributed by atoms with E-state index in [1.165, 1.54) is 0 Å². The molecule has 5 nitrogen and oxygen atoms in total. The topological polar surface area (TPSA) is 64.6 Å². The number of carbonyl (C=O) groups excluding carboxylic acids is 2. The standard InChI is InChI=1S/C13H14Cl3NO4S/c14-13(15,16)8-21-11(18)10(7-22)17-12(19)20-6-9-4-2-1-3-5-9/h1-5,10,22H,6-8H2,(H,17,19)/t10-/m1/s1. The van der Waals surface area contributed by atoms with Crippen molar-refractivity contribution in [2.75, 3.05) is 12.4 Å². The van der Waals surface area contributed by atoms with Crippen molar-refractivity contribution in [1.29, 1.82) is 0 Å². The maximum Gasteiger partial charge on any atom is 0.408 e. The van der Waals surface area contributed by atoms with Crippen molar-refractivity contribution in [2.24, 2.45) is 0 Å². The maximum absolute atomic E-state index is 11.7. The van der Waals surface area contributed by atoms with Crippen LogP contribution in [0.4, 0.5) is 4.79 Å². The van der Waals surface area contributed by atoms with Gasteiger partial charge in [0.15, 0.2) is 0 Å². The highest BCUT2D eigenvalue weighted by atomic mass is 35.6. The molecular weight excluding hydrogens is 373 g/mol. The minimum Gasteiger partial charge on any atom is -0.460 e. The van der Waals surface area contributed by atoms with E-state index in [9.17, 15) is 9.59 Å². The zero-order chi connectivity index (χ0) is 16.6. The summed E-state index contributed by atoms with van der Waals surface area (Å²) in [5.74, 6) is -0.753. The molecule has 122 valence electrons. The number of carbonyl (C=O) groups is 2. The van der Waals surface area contributed by atoms with Gasteiger partial charge in [-0.2, -0.15) is 12.6 Å². The van der Waals surface area contributed by atoms with Crippen molar-refractivity contribution in [3.63, 3.8) is 0 Å². The van der Waals surface area contributed by atoms with E-state index in [2.05, 4.69) is 17.9 Å². The fraction of sp³-hybridized carbons (Fsp3) is 0.385. The SMILES string of the molecule is O=C(N[C@H](CS)C(=O)OCC(Cl)(Cl)Cl)OCc1ccccc1. The lowest BCUT2D eigenvalue weighted by Gasteiger charge is -2.17. The van der Waals surface area contributed by atoms with E-state index < -0.39 is 28.5 Å². The summed E-state index contributed by atoms with van der Waals surface area (Å²) in [5, 5.41) is 2.33. The molecule has 22 heavy (non-hydrogen) atoms.